The van der Waals surface area contributed by atoms with Gasteiger partial charge in [0.1, 0.15) is 18.0 Å². The average molecular weight is 253 g/mol. The first-order valence-electron chi connectivity index (χ1n) is 4.84. The summed E-state index contributed by atoms with van der Waals surface area (Å²) in [4.78, 5) is 16.0. The fourth-order valence-electron chi connectivity index (χ4n) is 1.34. The first-order chi connectivity index (χ1) is 7.77. The maximum atomic E-state index is 11.1. The van der Waals surface area contributed by atoms with E-state index >= 15 is 0 Å². The molecule has 0 saturated heterocycles. The average Bonchev–Trinajstić information content (AvgIpc) is 2.15. The Bertz CT molecular complexity index is 488. The standard InChI is InChI=1S/C11H12ClN3O2/c1-11(2,3)15(10(16)17)9-4-8(12)7(5-13)6-14-9/h4,6H,1-3H3,(H,16,17)/p-1. The molecule has 6 heteroatoms. The van der Waals surface area contributed by atoms with Gasteiger partial charge in [-0.3, -0.25) is 0 Å². The van der Waals surface area contributed by atoms with Crippen LogP contribution in [-0.2, 0) is 0 Å². The third kappa shape index (κ3) is 2.86. The second kappa shape index (κ2) is 4.60. The minimum absolute atomic E-state index is 0.140. The van der Waals surface area contributed by atoms with Crippen molar-refractivity contribution in [1.29, 1.82) is 5.26 Å². The Morgan fingerprint density at radius 3 is 2.53 bits per heavy atom. The van der Waals surface area contributed by atoms with E-state index in [1.807, 2.05) is 6.07 Å². The van der Waals surface area contributed by atoms with E-state index in [0.29, 0.717) is 0 Å². The third-order valence-corrected chi connectivity index (χ3v) is 2.35. The van der Waals surface area contributed by atoms with Crippen molar-refractivity contribution in [3.63, 3.8) is 0 Å². The van der Waals surface area contributed by atoms with Gasteiger partial charge in [-0.15, -0.1) is 0 Å². The van der Waals surface area contributed by atoms with Crippen LogP contribution in [0.2, 0.25) is 5.02 Å². The summed E-state index contributed by atoms with van der Waals surface area (Å²) in [6.45, 7) is 5.11. The van der Waals surface area contributed by atoms with Crippen molar-refractivity contribution in [3.8, 4) is 6.07 Å². The molecule has 0 bridgehead atoms. The summed E-state index contributed by atoms with van der Waals surface area (Å²) in [6, 6.07) is 3.19. The number of halogens is 1. The lowest BCUT2D eigenvalue weighted by Crippen LogP contribution is -2.52. The monoisotopic (exact) mass is 252 g/mol. The second-order valence-electron chi connectivity index (χ2n) is 4.41. The lowest BCUT2D eigenvalue weighted by Gasteiger charge is -2.36. The molecule has 0 atom stereocenters. The van der Waals surface area contributed by atoms with E-state index in [0.717, 1.165) is 4.90 Å². The number of anilines is 1. The Morgan fingerprint density at radius 2 is 2.18 bits per heavy atom. The summed E-state index contributed by atoms with van der Waals surface area (Å²) < 4.78 is 0. The number of hydrogen-bond donors (Lipinski definition) is 0. The molecule has 0 spiro atoms. The SMILES string of the molecule is CC(C)(C)N(C(=O)[O-])c1cc(Cl)c(C#N)cn1. The molecule has 0 aliphatic rings. The fourth-order valence-corrected chi connectivity index (χ4v) is 1.52. The number of rotatable bonds is 1. The van der Waals surface area contributed by atoms with Crippen molar-refractivity contribution in [1.82, 2.24) is 4.98 Å². The number of nitrogens with zero attached hydrogens (tertiary/aromatic N) is 3. The third-order valence-electron chi connectivity index (χ3n) is 2.04. The summed E-state index contributed by atoms with van der Waals surface area (Å²) in [6.07, 6.45) is -0.134. The summed E-state index contributed by atoms with van der Waals surface area (Å²) in [5.41, 5.74) is -0.508. The number of pyridine rings is 1. The molecule has 1 rings (SSSR count). The van der Waals surface area contributed by atoms with Crippen molar-refractivity contribution in [2.75, 3.05) is 4.90 Å². The predicted molar refractivity (Wildman–Crippen MR) is 61.6 cm³/mol. The molecule has 17 heavy (non-hydrogen) atoms. The zero-order valence-electron chi connectivity index (χ0n) is 9.69. The molecule has 0 saturated carbocycles. The maximum absolute atomic E-state index is 11.1. The molecule has 0 unspecified atom stereocenters. The molecule has 1 amide bonds. The molecular formula is C11H11ClN3O2-. The Balaban J connectivity index is 3.27. The quantitative estimate of drug-likeness (QED) is 0.760. The van der Waals surface area contributed by atoms with Crippen LogP contribution in [-0.4, -0.2) is 16.6 Å². The Morgan fingerprint density at radius 1 is 1.59 bits per heavy atom. The normalized spacial score (nSPS) is 10.8. The number of amides is 1. The number of aromatic nitrogens is 1. The van der Waals surface area contributed by atoms with E-state index in [4.69, 9.17) is 16.9 Å². The lowest BCUT2D eigenvalue weighted by molar-refractivity contribution is -0.247. The Kier molecular flexibility index (Phi) is 3.59. The molecule has 90 valence electrons. The van der Waals surface area contributed by atoms with Gasteiger partial charge in [0.05, 0.1) is 10.6 Å². The Hall–Kier alpha value is -1.80. The molecule has 0 radical (unpaired) electrons. The van der Waals surface area contributed by atoms with E-state index in [-0.39, 0.29) is 16.4 Å². The van der Waals surface area contributed by atoms with Crippen LogP contribution in [0, 0.1) is 11.3 Å². The van der Waals surface area contributed by atoms with Gasteiger partial charge in [-0.25, -0.2) is 4.98 Å². The smallest absolute Gasteiger partial charge is 0.143 e. The topological polar surface area (TPSA) is 80.0 Å². The second-order valence-corrected chi connectivity index (χ2v) is 4.81. The van der Waals surface area contributed by atoms with Gasteiger partial charge in [0.25, 0.3) is 0 Å². The van der Waals surface area contributed by atoms with Gasteiger partial charge >= 0.3 is 0 Å². The highest BCUT2D eigenvalue weighted by Crippen LogP contribution is 2.25. The summed E-state index contributed by atoms with van der Waals surface area (Å²) in [5.74, 6) is 0.140. The molecule has 1 heterocycles. The first kappa shape index (κ1) is 13.3. The van der Waals surface area contributed by atoms with E-state index in [9.17, 15) is 9.90 Å². The zero-order valence-corrected chi connectivity index (χ0v) is 10.4. The number of carboxylic acid groups (broad SMARTS) is 1. The van der Waals surface area contributed by atoms with Crippen LogP contribution < -0.4 is 10.0 Å². The van der Waals surface area contributed by atoms with Gasteiger partial charge in [0, 0.05) is 17.8 Å². The van der Waals surface area contributed by atoms with Crippen molar-refractivity contribution < 1.29 is 9.90 Å². The largest absolute Gasteiger partial charge is 0.530 e. The first-order valence-corrected chi connectivity index (χ1v) is 5.22. The summed E-state index contributed by atoms with van der Waals surface area (Å²) in [7, 11) is 0. The van der Waals surface area contributed by atoms with Crippen LogP contribution in [0.25, 0.3) is 0 Å². The molecular weight excluding hydrogens is 242 g/mol. The molecule has 0 aromatic carbocycles. The van der Waals surface area contributed by atoms with Gasteiger partial charge in [0.15, 0.2) is 0 Å². The van der Waals surface area contributed by atoms with Gasteiger partial charge < -0.3 is 14.8 Å². The number of carbonyl (C=O) groups is 1. The fraction of sp³-hybridized carbons (Fsp3) is 0.364. The van der Waals surface area contributed by atoms with Crippen LogP contribution in [0.1, 0.15) is 26.3 Å². The Labute approximate surface area is 104 Å². The highest BCUT2D eigenvalue weighted by Gasteiger charge is 2.24. The van der Waals surface area contributed by atoms with Crippen molar-refractivity contribution in [2.45, 2.75) is 26.3 Å². The van der Waals surface area contributed by atoms with Crippen molar-refractivity contribution >= 4 is 23.5 Å². The van der Waals surface area contributed by atoms with Gasteiger partial charge in [0.2, 0.25) is 0 Å². The number of nitriles is 1. The zero-order chi connectivity index (χ0) is 13.2. The van der Waals surface area contributed by atoms with E-state index in [1.54, 1.807) is 20.8 Å². The number of hydrogen-bond acceptors (Lipinski definition) is 4. The maximum Gasteiger partial charge on any atom is 0.143 e. The molecule has 5 nitrogen and oxygen atoms in total. The highest BCUT2D eigenvalue weighted by molar-refractivity contribution is 6.32. The predicted octanol–water partition coefficient (Wildman–Crippen LogP) is 1.55. The van der Waals surface area contributed by atoms with Crippen molar-refractivity contribution in [2.24, 2.45) is 0 Å². The van der Waals surface area contributed by atoms with E-state index < -0.39 is 11.6 Å². The summed E-state index contributed by atoms with van der Waals surface area (Å²) in [5, 5.41) is 19.9. The molecule has 0 aliphatic carbocycles. The lowest BCUT2D eigenvalue weighted by atomic mass is 10.1. The van der Waals surface area contributed by atoms with Crippen LogP contribution in [0.5, 0.6) is 0 Å². The van der Waals surface area contributed by atoms with Gasteiger partial charge in [-0.2, -0.15) is 5.26 Å². The molecule has 1 aromatic heterocycles. The van der Waals surface area contributed by atoms with E-state index in [2.05, 4.69) is 4.98 Å². The van der Waals surface area contributed by atoms with Gasteiger partial charge in [-0.1, -0.05) is 11.6 Å². The highest BCUT2D eigenvalue weighted by atomic mass is 35.5. The van der Waals surface area contributed by atoms with Crippen LogP contribution >= 0.6 is 11.6 Å². The minimum Gasteiger partial charge on any atom is -0.530 e. The molecule has 0 aliphatic heterocycles. The number of carbonyl (C=O) groups excluding carboxylic acids is 1. The van der Waals surface area contributed by atoms with Crippen molar-refractivity contribution in [3.05, 3.63) is 22.8 Å². The van der Waals surface area contributed by atoms with Crippen LogP contribution in [0.15, 0.2) is 12.3 Å². The summed E-state index contributed by atoms with van der Waals surface area (Å²) >= 11 is 5.83. The van der Waals surface area contributed by atoms with Crippen LogP contribution in [0.3, 0.4) is 0 Å². The van der Waals surface area contributed by atoms with E-state index in [1.165, 1.54) is 12.3 Å². The minimum atomic E-state index is -1.37. The van der Waals surface area contributed by atoms with Gasteiger partial charge in [-0.05, 0) is 20.8 Å². The molecule has 1 aromatic rings. The van der Waals surface area contributed by atoms with Crippen LogP contribution in [0.4, 0.5) is 10.6 Å². The molecule has 0 fully saturated rings. The molecule has 0 N–H and O–H groups in total.